The van der Waals surface area contributed by atoms with Crippen LogP contribution in [0.4, 0.5) is 4.79 Å². The Morgan fingerprint density at radius 3 is 2.74 bits per heavy atom. The van der Waals surface area contributed by atoms with Gasteiger partial charge in [0.05, 0.1) is 26.0 Å². The first-order valence-electron chi connectivity index (χ1n) is 10.5. The molecule has 3 N–H and O–H groups in total. The highest BCUT2D eigenvalue weighted by Crippen LogP contribution is 2.13. The van der Waals surface area contributed by atoms with Gasteiger partial charge in [0.15, 0.2) is 0 Å². The van der Waals surface area contributed by atoms with Gasteiger partial charge in [-0.25, -0.2) is 4.79 Å². The van der Waals surface area contributed by atoms with E-state index in [4.69, 9.17) is 13.9 Å². The van der Waals surface area contributed by atoms with E-state index in [1.54, 1.807) is 25.3 Å². The second-order valence-electron chi connectivity index (χ2n) is 7.30. The van der Waals surface area contributed by atoms with E-state index in [0.717, 1.165) is 44.2 Å². The van der Waals surface area contributed by atoms with Crippen LogP contribution in [0.15, 0.2) is 47.1 Å². The first-order chi connectivity index (χ1) is 15.1. The summed E-state index contributed by atoms with van der Waals surface area (Å²) in [6.07, 6.45) is 1.54. The van der Waals surface area contributed by atoms with Crippen LogP contribution in [0, 0.1) is 0 Å². The molecule has 1 aliphatic heterocycles. The predicted octanol–water partition coefficient (Wildman–Crippen LogP) is 1.49. The summed E-state index contributed by atoms with van der Waals surface area (Å²) < 4.78 is 16.3. The van der Waals surface area contributed by atoms with Crippen molar-refractivity contribution in [3.63, 3.8) is 0 Å². The monoisotopic (exact) mass is 430 g/mol. The van der Waals surface area contributed by atoms with Crippen molar-refractivity contribution in [3.8, 4) is 5.75 Å². The predicted molar refractivity (Wildman–Crippen MR) is 115 cm³/mol. The van der Waals surface area contributed by atoms with Crippen molar-refractivity contribution < 1.29 is 23.5 Å². The minimum absolute atomic E-state index is 0.276. The van der Waals surface area contributed by atoms with Gasteiger partial charge < -0.3 is 29.8 Å². The van der Waals surface area contributed by atoms with Crippen LogP contribution < -0.4 is 20.7 Å². The third-order valence-corrected chi connectivity index (χ3v) is 4.89. The van der Waals surface area contributed by atoms with Crippen molar-refractivity contribution in [1.82, 2.24) is 20.9 Å². The number of furan rings is 1. The molecule has 0 radical (unpaired) electrons. The van der Waals surface area contributed by atoms with Crippen LogP contribution in [0.2, 0.25) is 0 Å². The number of morpholine rings is 1. The van der Waals surface area contributed by atoms with E-state index in [0.29, 0.717) is 18.9 Å². The van der Waals surface area contributed by atoms with E-state index >= 15 is 0 Å². The number of nitrogens with zero attached hydrogens (tertiary/aromatic N) is 1. The zero-order chi connectivity index (χ0) is 21.9. The Morgan fingerprint density at radius 1 is 1.13 bits per heavy atom. The average molecular weight is 431 g/mol. The molecule has 31 heavy (non-hydrogen) atoms. The van der Waals surface area contributed by atoms with Crippen LogP contribution in [0.1, 0.15) is 18.2 Å². The molecule has 9 nitrogen and oxygen atoms in total. The summed E-state index contributed by atoms with van der Waals surface area (Å²) in [5.74, 6) is 1.12. The van der Waals surface area contributed by atoms with Gasteiger partial charge in [-0.05, 0) is 36.8 Å². The highest BCUT2D eigenvalue weighted by Gasteiger charge is 2.15. The number of rotatable bonds is 10. The number of nitrogens with one attached hydrogen (secondary N) is 3. The van der Waals surface area contributed by atoms with E-state index in [1.807, 2.05) is 24.3 Å². The van der Waals surface area contributed by atoms with Gasteiger partial charge in [0, 0.05) is 26.2 Å². The fourth-order valence-corrected chi connectivity index (χ4v) is 3.10. The molecule has 2 aromatic rings. The van der Waals surface area contributed by atoms with Crippen LogP contribution >= 0.6 is 0 Å². The van der Waals surface area contributed by atoms with E-state index in [-0.39, 0.29) is 12.5 Å². The van der Waals surface area contributed by atoms with Crippen LogP contribution in [-0.2, 0) is 22.6 Å². The lowest BCUT2D eigenvalue weighted by atomic mass is 10.2. The van der Waals surface area contributed by atoms with Gasteiger partial charge in [0.2, 0.25) is 5.91 Å². The quantitative estimate of drug-likeness (QED) is 0.528. The molecular weight excluding hydrogens is 400 g/mol. The largest absolute Gasteiger partial charge is 0.492 e. The average Bonchev–Trinajstić information content (AvgIpc) is 3.31. The van der Waals surface area contributed by atoms with Crippen molar-refractivity contribution >= 4 is 11.9 Å². The summed E-state index contributed by atoms with van der Waals surface area (Å²) in [5.41, 5.74) is 0.911. The van der Waals surface area contributed by atoms with Gasteiger partial charge in [0.1, 0.15) is 24.2 Å². The van der Waals surface area contributed by atoms with Crippen molar-refractivity contribution in [1.29, 1.82) is 0 Å². The number of benzene rings is 1. The van der Waals surface area contributed by atoms with E-state index in [2.05, 4.69) is 20.9 Å². The Bertz CT molecular complexity index is 821. The van der Waals surface area contributed by atoms with Gasteiger partial charge in [-0.1, -0.05) is 12.1 Å². The summed E-state index contributed by atoms with van der Waals surface area (Å²) in [6.45, 7) is 7.09. The number of amides is 3. The third kappa shape index (κ3) is 7.95. The standard InChI is InChI=1S/C22H30N4O5/c1-17(21(27)23-16-20-6-3-10-30-20)25-22(28)24-15-18-4-2-5-19(14-18)31-13-9-26-7-11-29-12-8-26/h2-6,10,14,17H,7-9,11-13,15-16H2,1H3,(H,23,27)(H2,24,25,28). The smallest absolute Gasteiger partial charge is 0.315 e. The number of carbonyl (C=O) groups is 2. The first kappa shape index (κ1) is 22.6. The Hall–Kier alpha value is -3.04. The lowest BCUT2D eigenvalue weighted by molar-refractivity contribution is -0.122. The summed E-state index contributed by atoms with van der Waals surface area (Å²) >= 11 is 0. The lowest BCUT2D eigenvalue weighted by Crippen LogP contribution is -2.48. The van der Waals surface area contributed by atoms with Gasteiger partial charge in [-0.15, -0.1) is 0 Å². The number of ether oxygens (including phenoxy) is 2. The van der Waals surface area contributed by atoms with E-state index in [1.165, 1.54) is 0 Å². The normalized spacial score (nSPS) is 15.1. The number of hydrogen-bond donors (Lipinski definition) is 3. The zero-order valence-corrected chi connectivity index (χ0v) is 17.8. The molecule has 1 aliphatic rings. The summed E-state index contributed by atoms with van der Waals surface area (Å²) in [5, 5.41) is 8.10. The molecule has 1 aromatic heterocycles. The maximum atomic E-state index is 12.1. The number of hydrogen-bond acceptors (Lipinski definition) is 6. The Balaban J connectivity index is 1.35. The van der Waals surface area contributed by atoms with Gasteiger partial charge in [0.25, 0.3) is 0 Å². The molecule has 2 heterocycles. The molecule has 0 saturated carbocycles. The Morgan fingerprint density at radius 2 is 1.97 bits per heavy atom. The lowest BCUT2D eigenvalue weighted by Gasteiger charge is -2.26. The second kappa shape index (κ2) is 12.0. The van der Waals surface area contributed by atoms with E-state index in [9.17, 15) is 9.59 Å². The van der Waals surface area contributed by atoms with Crippen LogP contribution in [0.25, 0.3) is 0 Å². The van der Waals surface area contributed by atoms with Crippen LogP contribution in [0.3, 0.4) is 0 Å². The molecule has 3 rings (SSSR count). The van der Waals surface area contributed by atoms with Crippen LogP contribution in [-0.4, -0.2) is 62.3 Å². The van der Waals surface area contributed by atoms with E-state index < -0.39 is 12.1 Å². The highest BCUT2D eigenvalue weighted by atomic mass is 16.5. The van der Waals surface area contributed by atoms with Crippen molar-refractivity contribution in [2.75, 3.05) is 39.5 Å². The second-order valence-corrected chi connectivity index (χ2v) is 7.30. The molecule has 0 spiro atoms. The third-order valence-electron chi connectivity index (χ3n) is 4.89. The molecule has 1 saturated heterocycles. The SMILES string of the molecule is CC(NC(=O)NCc1cccc(OCCN2CCOCC2)c1)C(=O)NCc1ccco1. The molecule has 1 fully saturated rings. The molecular formula is C22H30N4O5. The maximum Gasteiger partial charge on any atom is 0.315 e. The summed E-state index contributed by atoms with van der Waals surface area (Å²) in [4.78, 5) is 26.5. The summed E-state index contributed by atoms with van der Waals surface area (Å²) in [7, 11) is 0. The van der Waals surface area contributed by atoms with Gasteiger partial charge >= 0.3 is 6.03 Å². The molecule has 3 amide bonds. The minimum atomic E-state index is -0.676. The topological polar surface area (TPSA) is 105 Å². The fourth-order valence-electron chi connectivity index (χ4n) is 3.10. The van der Waals surface area contributed by atoms with Crippen molar-refractivity contribution in [3.05, 3.63) is 54.0 Å². The van der Waals surface area contributed by atoms with Gasteiger partial charge in [-0.3, -0.25) is 9.69 Å². The molecule has 1 atom stereocenters. The summed E-state index contributed by atoms with van der Waals surface area (Å²) in [6, 6.07) is 10.0. The first-order valence-corrected chi connectivity index (χ1v) is 10.5. The molecule has 1 aromatic carbocycles. The Kier molecular flexibility index (Phi) is 8.74. The maximum absolute atomic E-state index is 12.1. The molecule has 1 unspecified atom stereocenters. The van der Waals surface area contributed by atoms with Crippen molar-refractivity contribution in [2.45, 2.75) is 26.1 Å². The highest BCUT2D eigenvalue weighted by molar-refractivity contribution is 5.86. The molecule has 0 aliphatic carbocycles. The fraction of sp³-hybridized carbons (Fsp3) is 0.455. The van der Waals surface area contributed by atoms with Crippen molar-refractivity contribution in [2.24, 2.45) is 0 Å². The minimum Gasteiger partial charge on any atom is -0.492 e. The number of carbonyl (C=O) groups excluding carboxylic acids is 2. The molecule has 0 bridgehead atoms. The van der Waals surface area contributed by atoms with Gasteiger partial charge in [-0.2, -0.15) is 0 Å². The number of urea groups is 1. The van der Waals surface area contributed by atoms with Crippen LogP contribution in [0.5, 0.6) is 5.75 Å². The molecule has 168 valence electrons. The zero-order valence-electron chi connectivity index (χ0n) is 17.8. The molecule has 9 heteroatoms. The Labute approximate surface area is 182 Å².